The third-order valence-corrected chi connectivity index (χ3v) is 4.64. The number of ether oxygens (including phenoxy) is 1. The molecule has 21 heavy (non-hydrogen) atoms. The van der Waals surface area contributed by atoms with Gasteiger partial charge in [0.2, 0.25) is 0 Å². The number of rotatable bonds is 5. The van der Waals surface area contributed by atoms with Crippen LogP contribution in [0.3, 0.4) is 0 Å². The fourth-order valence-corrected chi connectivity index (χ4v) is 3.20. The normalized spacial score (nSPS) is 20.0. The summed E-state index contributed by atoms with van der Waals surface area (Å²) in [7, 11) is 1.66. The highest BCUT2D eigenvalue weighted by molar-refractivity contribution is 9.10. The van der Waals surface area contributed by atoms with Gasteiger partial charge in [0.05, 0.1) is 18.5 Å². The van der Waals surface area contributed by atoms with Crippen LogP contribution in [-0.4, -0.2) is 60.1 Å². The van der Waals surface area contributed by atoms with Crippen molar-refractivity contribution in [2.45, 2.75) is 19.9 Å². The van der Waals surface area contributed by atoms with Crippen molar-refractivity contribution in [2.24, 2.45) is 7.05 Å². The number of anilines is 1. The second-order valence-corrected chi connectivity index (χ2v) is 6.09. The van der Waals surface area contributed by atoms with Gasteiger partial charge in [0, 0.05) is 45.9 Å². The quantitative estimate of drug-likeness (QED) is 0.737. The van der Waals surface area contributed by atoms with E-state index in [-0.39, 0.29) is 5.56 Å². The van der Waals surface area contributed by atoms with Gasteiger partial charge in [-0.05, 0) is 29.8 Å². The molecule has 1 unspecified atom stereocenters. The number of piperazine rings is 1. The lowest BCUT2D eigenvalue weighted by Crippen LogP contribution is -2.53. The van der Waals surface area contributed by atoms with E-state index in [4.69, 9.17) is 4.74 Å². The van der Waals surface area contributed by atoms with Crippen molar-refractivity contribution in [1.82, 2.24) is 14.7 Å². The fraction of sp³-hybridized carbons (Fsp3) is 0.714. The molecule has 0 spiro atoms. The summed E-state index contributed by atoms with van der Waals surface area (Å²) in [6.07, 6.45) is 1.76. The minimum absolute atomic E-state index is 0.0982. The fourth-order valence-electron chi connectivity index (χ4n) is 2.59. The second kappa shape index (κ2) is 7.38. The van der Waals surface area contributed by atoms with Gasteiger partial charge >= 0.3 is 0 Å². The highest BCUT2D eigenvalue weighted by Gasteiger charge is 2.25. The molecule has 2 heterocycles. The molecule has 1 aliphatic heterocycles. The van der Waals surface area contributed by atoms with Crippen LogP contribution in [0.1, 0.15) is 13.8 Å². The Hall–Kier alpha value is -0.920. The van der Waals surface area contributed by atoms with Crippen LogP contribution in [0.5, 0.6) is 0 Å². The van der Waals surface area contributed by atoms with Crippen molar-refractivity contribution in [2.75, 3.05) is 44.3 Å². The van der Waals surface area contributed by atoms with Gasteiger partial charge in [-0.2, -0.15) is 5.10 Å². The van der Waals surface area contributed by atoms with E-state index in [9.17, 15) is 4.79 Å². The molecule has 1 saturated heterocycles. The van der Waals surface area contributed by atoms with Gasteiger partial charge in [-0.3, -0.25) is 9.69 Å². The highest BCUT2D eigenvalue weighted by atomic mass is 79.9. The molecule has 1 aromatic rings. The topological polar surface area (TPSA) is 50.6 Å². The molecule has 1 atom stereocenters. The molecule has 1 aliphatic rings. The predicted octanol–water partition coefficient (Wildman–Crippen LogP) is 1.09. The Morgan fingerprint density at radius 2 is 2.24 bits per heavy atom. The van der Waals surface area contributed by atoms with E-state index in [0.717, 1.165) is 45.1 Å². The maximum absolute atomic E-state index is 12.0. The summed E-state index contributed by atoms with van der Waals surface area (Å²) in [5.74, 6) is 0. The van der Waals surface area contributed by atoms with Crippen LogP contribution < -0.4 is 10.5 Å². The SMILES string of the molecule is CCOCCN1CCN(c2cnn(C)c(=O)c2Br)CC1C. The van der Waals surface area contributed by atoms with Gasteiger partial charge in [-0.15, -0.1) is 0 Å². The number of halogens is 1. The van der Waals surface area contributed by atoms with Crippen LogP contribution in [0.25, 0.3) is 0 Å². The van der Waals surface area contributed by atoms with Crippen LogP contribution in [0, 0.1) is 0 Å². The van der Waals surface area contributed by atoms with E-state index >= 15 is 0 Å². The molecule has 0 aromatic carbocycles. The zero-order chi connectivity index (χ0) is 15.4. The van der Waals surface area contributed by atoms with Gasteiger partial charge in [-0.25, -0.2) is 4.68 Å². The average molecular weight is 359 g/mol. The Morgan fingerprint density at radius 3 is 2.90 bits per heavy atom. The summed E-state index contributed by atoms with van der Waals surface area (Å²) in [5.41, 5.74) is 0.785. The van der Waals surface area contributed by atoms with Crippen LogP contribution >= 0.6 is 15.9 Å². The standard InChI is InChI=1S/C14H23BrN4O2/c1-4-21-8-7-18-5-6-19(10-11(18)2)12-9-16-17(3)14(20)13(12)15/h9,11H,4-8,10H2,1-3H3. The minimum Gasteiger partial charge on any atom is -0.380 e. The van der Waals surface area contributed by atoms with Crippen molar-refractivity contribution in [3.8, 4) is 0 Å². The van der Waals surface area contributed by atoms with Crippen molar-refractivity contribution >= 4 is 21.6 Å². The van der Waals surface area contributed by atoms with Crippen LogP contribution in [0.15, 0.2) is 15.5 Å². The van der Waals surface area contributed by atoms with E-state index in [0.29, 0.717) is 10.5 Å². The number of aryl methyl sites for hydroxylation is 1. The third-order valence-electron chi connectivity index (χ3n) is 3.89. The third kappa shape index (κ3) is 3.84. The van der Waals surface area contributed by atoms with E-state index in [2.05, 4.69) is 37.8 Å². The van der Waals surface area contributed by atoms with Gasteiger partial charge in [0.25, 0.3) is 5.56 Å². The number of hydrogen-bond acceptors (Lipinski definition) is 5. The van der Waals surface area contributed by atoms with E-state index in [1.807, 2.05) is 6.92 Å². The average Bonchev–Trinajstić information content (AvgIpc) is 2.47. The summed E-state index contributed by atoms with van der Waals surface area (Å²) in [5, 5.41) is 4.12. The summed E-state index contributed by atoms with van der Waals surface area (Å²) < 4.78 is 7.36. The molecular weight excluding hydrogens is 336 g/mol. The first-order chi connectivity index (χ1) is 10.0. The molecule has 118 valence electrons. The van der Waals surface area contributed by atoms with Crippen molar-refractivity contribution < 1.29 is 4.74 Å². The predicted molar refractivity (Wildman–Crippen MR) is 86.9 cm³/mol. The van der Waals surface area contributed by atoms with E-state index in [1.165, 1.54) is 4.68 Å². The molecule has 0 bridgehead atoms. The first-order valence-electron chi connectivity index (χ1n) is 7.33. The number of nitrogens with zero attached hydrogens (tertiary/aromatic N) is 4. The molecular formula is C14H23BrN4O2. The van der Waals surface area contributed by atoms with E-state index in [1.54, 1.807) is 13.2 Å². The summed E-state index contributed by atoms with van der Waals surface area (Å²) in [4.78, 5) is 16.6. The van der Waals surface area contributed by atoms with Crippen molar-refractivity contribution in [3.05, 3.63) is 21.0 Å². The summed E-state index contributed by atoms with van der Waals surface area (Å²) in [6.45, 7) is 9.47. The Kier molecular flexibility index (Phi) is 5.78. The first kappa shape index (κ1) is 16.5. The van der Waals surface area contributed by atoms with Crippen molar-refractivity contribution in [1.29, 1.82) is 0 Å². The van der Waals surface area contributed by atoms with Crippen LogP contribution in [0.2, 0.25) is 0 Å². The maximum Gasteiger partial charge on any atom is 0.282 e. The minimum atomic E-state index is -0.0982. The molecule has 1 fully saturated rings. The second-order valence-electron chi connectivity index (χ2n) is 5.30. The lowest BCUT2D eigenvalue weighted by atomic mass is 10.2. The zero-order valence-corrected chi connectivity index (χ0v) is 14.5. The molecule has 7 heteroatoms. The van der Waals surface area contributed by atoms with E-state index < -0.39 is 0 Å². The molecule has 0 N–H and O–H groups in total. The molecule has 0 saturated carbocycles. The Bertz CT molecular complexity index is 534. The molecule has 6 nitrogen and oxygen atoms in total. The van der Waals surface area contributed by atoms with Gasteiger partial charge in [-0.1, -0.05) is 0 Å². The Morgan fingerprint density at radius 1 is 1.48 bits per heavy atom. The summed E-state index contributed by atoms with van der Waals surface area (Å²) >= 11 is 3.40. The zero-order valence-electron chi connectivity index (χ0n) is 12.9. The smallest absolute Gasteiger partial charge is 0.282 e. The lowest BCUT2D eigenvalue weighted by molar-refractivity contribution is 0.0926. The van der Waals surface area contributed by atoms with Crippen LogP contribution in [-0.2, 0) is 11.8 Å². The Balaban J connectivity index is 2.02. The first-order valence-corrected chi connectivity index (χ1v) is 8.12. The summed E-state index contributed by atoms with van der Waals surface area (Å²) in [6, 6.07) is 0.426. The largest absolute Gasteiger partial charge is 0.380 e. The molecule has 2 rings (SSSR count). The van der Waals surface area contributed by atoms with Gasteiger partial charge < -0.3 is 9.64 Å². The number of aromatic nitrogens is 2. The van der Waals surface area contributed by atoms with Crippen LogP contribution in [0.4, 0.5) is 5.69 Å². The maximum atomic E-state index is 12.0. The monoisotopic (exact) mass is 358 g/mol. The Labute approximate surface area is 133 Å². The molecule has 1 aromatic heterocycles. The molecule has 0 aliphatic carbocycles. The van der Waals surface area contributed by atoms with Crippen molar-refractivity contribution in [3.63, 3.8) is 0 Å². The number of hydrogen-bond donors (Lipinski definition) is 0. The van der Waals surface area contributed by atoms with Gasteiger partial charge in [0.1, 0.15) is 4.47 Å². The molecule has 0 amide bonds. The lowest BCUT2D eigenvalue weighted by Gasteiger charge is -2.41. The molecule has 0 radical (unpaired) electrons. The van der Waals surface area contributed by atoms with Gasteiger partial charge in [0.15, 0.2) is 0 Å². The highest BCUT2D eigenvalue weighted by Crippen LogP contribution is 2.24.